The number of fused-ring (bicyclic) bond motifs is 3. The van der Waals surface area contributed by atoms with E-state index in [4.69, 9.17) is 0 Å². The maximum atomic E-state index is 12.2. The molecule has 3 rings (SSSR count). The highest BCUT2D eigenvalue weighted by Crippen LogP contribution is 2.45. The van der Waals surface area contributed by atoms with E-state index in [1.54, 1.807) is 0 Å². The highest BCUT2D eigenvalue weighted by Gasteiger charge is 2.46. The van der Waals surface area contributed by atoms with Crippen molar-refractivity contribution in [1.82, 2.24) is 10.2 Å². The predicted molar refractivity (Wildman–Crippen MR) is 99.5 cm³/mol. The molecule has 0 saturated carbocycles. The van der Waals surface area contributed by atoms with Crippen molar-refractivity contribution < 1.29 is 9.59 Å². The minimum absolute atomic E-state index is 0.0302. The van der Waals surface area contributed by atoms with Gasteiger partial charge in [-0.25, -0.2) is 0 Å². The number of hydrogen-bond acceptors (Lipinski definition) is 2. The molecule has 2 atom stereocenters. The molecule has 2 aliphatic rings. The molecule has 0 radical (unpaired) electrons. The SMILES string of the molecule is CN1C(=O)CC[C@]2(C)c3ccc(CC(=O)NC(C)(C)C)cc3CC[C@@H]12. The molecule has 1 aliphatic carbocycles. The molecule has 0 unspecified atom stereocenters. The van der Waals surface area contributed by atoms with Gasteiger partial charge in [0, 0.05) is 30.5 Å². The number of nitrogens with one attached hydrogen (secondary N) is 1. The molecule has 0 aromatic heterocycles. The molecule has 0 bridgehead atoms. The Morgan fingerprint density at radius 3 is 2.72 bits per heavy atom. The largest absolute Gasteiger partial charge is 0.351 e. The summed E-state index contributed by atoms with van der Waals surface area (Å²) in [5.41, 5.74) is 3.61. The van der Waals surface area contributed by atoms with Gasteiger partial charge < -0.3 is 10.2 Å². The summed E-state index contributed by atoms with van der Waals surface area (Å²) in [6.07, 6.45) is 3.94. The van der Waals surface area contributed by atoms with Gasteiger partial charge in [0.2, 0.25) is 11.8 Å². The zero-order chi connectivity index (χ0) is 18.4. The first kappa shape index (κ1) is 18.0. The van der Waals surface area contributed by atoms with Crippen LogP contribution in [0, 0.1) is 0 Å². The van der Waals surface area contributed by atoms with Gasteiger partial charge in [0.25, 0.3) is 0 Å². The first-order valence-corrected chi connectivity index (χ1v) is 9.29. The Kier molecular flexibility index (Phi) is 4.42. The zero-order valence-corrected chi connectivity index (χ0v) is 16.1. The van der Waals surface area contributed by atoms with Crippen molar-refractivity contribution >= 4 is 11.8 Å². The van der Waals surface area contributed by atoms with Gasteiger partial charge in [-0.2, -0.15) is 0 Å². The van der Waals surface area contributed by atoms with E-state index < -0.39 is 0 Å². The molecule has 2 amide bonds. The number of rotatable bonds is 2. The van der Waals surface area contributed by atoms with Crippen LogP contribution in [0.25, 0.3) is 0 Å². The van der Waals surface area contributed by atoms with Crippen molar-refractivity contribution in [1.29, 1.82) is 0 Å². The van der Waals surface area contributed by atoms with Crippen molar-refractivity contribution in [2.24, 2.45) is 0 Å². The van der Waals surface area contributed by atoms with Crippen LogP contribution >= 0.6 is 0 Å². The molecule has 1 aromatic carbocycles. The number of amides is 2. The monoisotopic (exact) mass is 342 g/mol. The third kappa shape index (κ3) is 3.44. The standard InChI is InChI=1S/C21H30N2O2/c1-20(2,3)22-18(24)13-14-6-8-16-15(12-14)7-9-17-21(16,4)11-10-19(25)23(17)5/h6,8,12,17H,7,9-11,13H2,1-5H3,(H,22,24)/t17-,21-/m1/s1. The summed E-state index contributed by atoms with van der Waals surface area (Å²) in [4.78, 5) is 26.2. The highest BCUT2D eigenvalue weighted by atomic mass is 16.2. The van der Waals surface area contributed by atoms with Gasteiger partial charge in [0.1, 0.15) is 0 Å². The van der Waals surface area contributed by atoms with Gasteiger partial charge in [-0.15, -0.1) is 0 Å². The number of carbonyl (C=O) groups excluding carboxylic acids is 2. The molecule has 1 heterocycles. The van der Waals surface area contributed by atoms with Crippen LogP contribution in [0.1, 0.15) is 63.6 Å². The Bertz CT molecular complexity index is 704. The minimum atomic E-state index is -0.203. The van der Waals surface area contributed by atoms with Crippen LogP contribution in [0.2, 0.25) is 0 Å². The predicted octanol–water partition coefficient (Wildman–Crippen LogP) is 2.97. The Morgan fingerprint density at radius 1 is 1.32 bits per heavy atom. The van der Waals surface area contributed by atoms with E-state index in [-0.39, 0.29) is 28.8 Å². The summed E-state index contributed by atoms with van der Waals surface area (Å²) in [6.45, 7) is 8.30. The quantitative estimate of drug-likeness (QED) is 0.898. The summed E-state index contributed by atoms with van der Waals surface area (Å²) in [5, 5.41) is 3.03. The maximum absolute atomic E-state index is 12.2. The first-order chi connectivity index (χ1) is 11.6. The number of piperidine rings is 1. The summed E-state index contributed by atoms with van der Waals surface area (Å²) in [5.74, 6) is 0.330. The minimum Gasteiger partial charge on any atom is -0.351 e. The second-order valence-corrected chi connectivity index (χ2v) is 8.94. The molecule has 4 heteroatoms. The highest BCUT2D eigenvalue weighted by molar-refractivity contribution is 5.79. The fraction of sp³-hybridized carbons (Fsp3) is 0.619. The molecule has 136 valence electrons. The lowest BCUT2D eigenvalue weighted by molar-refractivity contribution is -0.138. The van der Waals surface area contributed by atoms with Gasteiger partial charge in [-0.05, 0) is 56.7 Å². The molecular formula is C21H30N2O2. The van der Waals surface area contributed by atoms with Gasteiger partial charge in [0.15, 0.2) is 0 Å². The lowest BCUT2D eigenvalue weighted by Gasteiger charge is -2.50. The number of carbonyl (C=O) groups is 2. The molecule has 1 saturated heterocycles. The summed E-state index contributed by atoms with van der Waals surface area (Å²) < 4.78 is 0. The number of aryl methyl sites for hydroxylation is 1. The second-order valence-electron chi connectivity index (χ2n) is 8.94. The fourth-order valence-corrected chi connectivity index (χ4v) is 4.60. The lowest BCUT2D eigenvalue weighted by atomic mass is 9.63. The number of hydrogen-bond donors (Lipinski definition) is 1. The topological polar surface area (TPSA) is 49.4 Å². The van der Waals surface area contributed by atoms with Crippen LogP contribution in [0.3, 0.4) is 0 Å². The van der Waals surface area contributed by atoms with Crippen LogP contribution in [0.15, 0.2) is 18.2 Å². The van der Waals surface area contributed by atoms with Crippen LogP contribution in [0.4, 0.5) is 0 Å². The molecule has 0 spiro atoms. The average Bonchev–Trinajstić information content (AvgIpc) is 2.49. The molecule has 1 fully saturated rings. The van der Waals surface area contributed by atoms with Crippen molar-refractivity contribution in [2.75, 3.05) is 7.05 Å². The van der Waals surface area contributed by atoms with E-state index in [0.717, 1.165) is 24.8 Å². The van der Waals surface area contributed by atoms with Crippen LogP contribution < -0.4 is 5.32 Å². The van der Waals surface area contributed by atoms with Gasteiger partial charge in [-0.1, -0.05) is 25.1 Å². The Morgan fingerprint density at radius 2 is 2.04 bits per heavy atom. The van der Waals surface area contributed by atoms with Gasteiger partial charge in [0.05, 0.1) is 6.42 Å². The second kappa shape index (κ2) is 6.15. The van der Waals surface area contributed by atoms with Crippen molar-refractivity contribution in [3.8, 4) is 0 Å². The fourth-order valence-electron chi connectivity index (χ4n) is 4.60. The van der Waals surface area contributed by atoms with E-state index in [1.165, 1.54) is 11.1 Å². The molecule has 25 heavy (non-hydrogen) atoms. The van der Waals surface area contributed by atoms with E-state index in [1.807, 2.05) is 32.7 Å². The van der Waals surface area contributed by atoms with Crippen LogP contribution in [0.5, 0.6) is 0 Å². The molecule has 1 N–H and O–H groups in total. The van der Waals surface area contributed by atoms with Gasteiger partial charge >= 0.3 is 0 Å². The summed E-state index contributed by atoms with van der Waals surface area (Å²) in [6, 6.07) is 6.78. The lowest BCUT2D eigenvalue weighted by Crippen LogP contribution is -2.56. The van der Waals surface area contributed by atoms with Crippen molar-refractivity contribution in [2.45, 2.75) is 76.8 Å². The number of benzene rings is 1. The Hall–Kier alpha value is -1.84. The number of likely N-dealkylation sites (tertiary alicyclic amines) is 1. The smallest absolute Gasteiger partial charge is 0.224 e. The number of nitrogens with zero attached hydrogens (tertiary/aromatic N) is 1. The molecule has 4 nitrogen and oxygen atoms in total. The first-order valence-electron chi connectivity index (χ1n) is 9.29. The summed E-state index contributed by atoms with van der Waals surface area (Å²) in [7, 11) is 1.95. The summed E-state index contributed by atoms with van der Waals surface area (Å²) >= 11 is 0. The van der Waals surface area contributed by atoms with E-state index >= 15 is 0 Å². The number of likely N-dealkylation sites (N-methyl/N-ethyl adjacent to an activating group) is 1. The Balaban J connectivity index is 1.83. The maximum Gasteiger partial charge on any atom is 0.224 e. The van der Waals surface area contributed by atoms with Crippen molar-refractivity contribution in [3.05, 3.63) is 34.9 Å². The average molecular weight is 342 g/mol. The van der Waals surface area contributed by atoms with Gasteiger partial charge in [-0.3, -0.25) is 9.59 Å². The van der Waals surface area contributed by atoms with E-state index in [9.17, 15) is 9.59 Å². The normalized spacial score (nSPS) is 26.0. The Labute approximate surface area is 151 Å². The molecule has 1 aliphatic heterocycles. The van der Waals surface area contributed by atoms with Crippen molar-refractivity contribution in [3.63, 3.8) is 0 Å². The van der Waals surface area contributed by atoms with E-state index in [0.29, 0.717) is 12.8 Å². The van der Waals surface area contributed by atoms with Crippen LogP contribution in [-0.4, -0.2) is 35.3 Å². The third-order valence-corrected chi connectivity index (χ3v) is 5.81. The zero-order valence-electron chi connectivity index (χ0n) is 16.1. The third-order valence-electron chi connectivity index (χ3n) is 5.81. The molecule has 1 aromatic rings. The molecular weight excluding hydrogens is 312 g/mol. The van der Waals surface area contributed by atoms with Crippen LogP contribution in [-0.2, 0) is 27.8 Å². The van der Waals surface area contributed by atoms with E-state index in [2.05, 4.69) is 30.4 Å².